The summed E-state index contributed by atoms with van der Waals surface area (Å²) in [6.45, 7) is 7.61. The van der Waals surface area contributed by atoms with Crippen LogP contribution in [0.3, 0.4) is 0 Å². The third-order valence-corrected chi connectivity index (χ3v) is 2.85. The highest BCUT2D eigenvalue weighted by molar-refractivity contribution is 6.83. The van der Waals surface area contributed by atoms with Crippen molar-refractivity contribution >= 4 is 8.07 Å². The number of hydrogen-bond donors (Lipinski definition) is 0. The molecule has 0 spiro atoms. The molecule has 0 aromatic heterocycles. The number of methoxy groups -OCH3 is 1. The number of rotatable bonds is 4. The second-order valence-electron chi connectivity index (χ2n) is 4.96. The molecule has 1 aromatic rings. The Bertz CT molecular complexity index is 410. The Kier molecular flexibility index (Phi) is 5.43. The fourth-order valence-corrected chi connectivity index (χ4v) is 1.76. The van der Waals surface area contributed by atoms with Gasteiger partial charge in [0.05, 0.1) is 6.61 Å². The molecule has 0 aliphatic rings. The second-order valence-corrected chi connectivity index (χ2v) is 9.71. The quantitative estimate of drug-likeness (QED) is 0.353. The predicted molar refractivity (Wildman–Crippen MR) is 73.3 cm³/mol. The lowest BCUT2D eigenvalue weighted by Crippen LogP contribution is -2.16. The molecule has 0 aliphatic carbocycles. The zero-order valence-corrected chi connectivity index (χ0v) is 12.0. The van der Waals surface area contributed by atoms with Crippen LogP contribution in [0.25, 0.3) is 0 Å². The normalized spacial score (nSPS) is 10.8. The van der Waals surface area contributed by atoms with Crippen molar-refractivity contribution in [2.45, 2.75) is 26.2 Å². The Morgan fingerprint density at radius 1 is 1.24 bits per heavy atom. The first kappa shape index (κ1) is 14.0. The van der Waals surface area contributed by atoms with Crippen LogP contribution in [0.1, 0.15) is 11.1 Å². The van der Waals surface area contributed by atoms with Crippen molar-refractivity contribution in [1.29, 1.82) is 0 Å². The molecule has 0 saturated heterocycles. The zero-order chi connectivity index (χ0) is 12.7. The minimum Gasteiger partial charge on any atom is -0.359 e. The molecule has 3 heteroatoms. The molecule has 0 amide bonds. The molecule has 0 aliphatic heterocycles. The first-order valence-corrected chi connectivity index (χ1v) is 9.20. The molecule has 0 bridgehead atoms. The molecular weight excluding hydrogens is 228 g/mol. The summed E-state index contributed by atoms with van der Waals surface area (Å²) < 4.78 is 10.1. The lowest BCUT2D eigenvalue weighted by atomic mass is 10.1. The van der Waals surface area contributed by atoms with Gasteiger partial charge in [0.2, 0.25) is 0 Å². The van der Waals surface area contributed by atoms with Crippen molar-refractivity contribution in [3.63, 3.8) is 0 Å². The molecule has 0 fully saturated rings. The lowest BCUT2D eigenvalue weighted by molar-refractivity contribution is -0.0390. The SMILES string of the molecule is COCOCc1cccc(C#C[Si](C)(C)C)c1. The van der Waals surface area contributed by atoms with Crippen LogP contribution in [0.4, 0.5) is 0 Å². The molecule has 92 valence electrons. The van der Waals surface area contributed by atoms with E-state index in [2.05, 4.69) is 37.2 Å². The Hall–Kier alpha value is -1.08. The molecule has 1 rings (SSSR count). The van der Waals surface area contributed by atoms with Crippen LogP contribution in [0.5, 0.6) is 0 Å². The van der Waals surface area contributed by atoms with Gasteiger partial charge in [0.15, 0.2) is 0 Å². The van der Waals surface area contributed by atoms with E-state index >= 15 is 0 Å². The summed E-state index contributed by atoms with van der Waals surface area (Å²) in [4.78, 5) is 0. The standard InChI is InChI=1S/C14H20O2Si/c1-15-12-16-11-14-7-5-6-13(10-14)8-9-17(2,3)4/h5-7,10H,11-12H2,1-4H3. The topological polar surface area (TPSA) is 18.5 Å². The Morgan fingerprint density at radius 3 is 2.65 bits per heavy atom. The van der Waals surface area contributed by atoms with Crippen LogP contribution in [0, 0.1) is 11.5 Å². The fraction of sp³-hybridized carbons (Fsp3) is 0.429. The molecule has 17 heavy (non-hydrogen) atoms. The second kappa shape index (κ2) is 6.60. The van der Waals surface area contributed by atoms with Gasteiger partial charge in [-0.15, -0.1) is 5.54 Å². The molecular formula is C14H20O2Si. The van der Waals surface area contributed by atoms with Gasteiger partial charge in [-0.05, 0) is 17.7 Å². The first-order valence-electron chi connectivity index (χ1n) is 5.70. The van der Waals surface area contributed by atoms with Crippen LogP contribution in [-0.2, 0) is 16.1 Å². The predicted octanol–water partition coefficient (Wildman–Crippen LogP) is 3.04. The van der Waals surface area contributed by atoms with Crippen LogP contribution < -0.4 is 0 Å². The van der Waals surface area contributed by atoms with Gasteiger partial charge in [-0.3, -0.25) is 0 Å². The zero-order valence-electron chi connectivity index (χ0n) is 11.0. The highest BCUT2D eigenvalue weighted by Crippen LogP contribution is 2.06. The summed E-state index contributed by atoms with van der Waals surface area (Å²) in [6, 6.07) is 8.16. The van der Waals surface area contributed by atoms with Crippen molar-refractivity contribution in [2.75, 3.05) is 13.9 Å². The van der Waals surface area contributed by atoms with Gasteiger partial charge in [0.1, 0.15) is 14.9 Å². The smallest absolute Gasteiger partial charge is 0.146 e. The van der Waals surface area contributed by atoms with Crippen LogP contribution in [0.2, 0.25) is 19.6 Å². The molecule has 0 saturated carbocycles. The van der Waals surface area contributed by atoms with E-state index in [4.69, 9.17) is 9.47 Å². The molecule has 0 unspecified atom stereocenters. The van der Waals surface area contributed by atoms with Crippen molar-refractivity contribution in [3.05, 3.63) is 35.4 Å². The minimum atomic E-state index is -1.30. The molecule has 2 nitrogen and oxygen atoms in total. The van der Waals surface area contributed by atoms with Gasteiger partial charge in [-0.1, -0.05) is 37.7 Å². The van der Waals surface area contributed by atoms with Gasteiger partial charge < -0.3 is 9.47 Å². The van der Waals surface area contributed by atoms with Crippen molar-refractivity contribution in [3.8, 4) is 11.5 Å². The monoisotopic (exact) mass is 248 g/mol. The minimum absolute atomic E-state index is 0.324. The average molecular weight is 248 g/mol. The molecule has 0 heterocycles. The lowest BCUT2D eigenvalue weighted by Gasteiger charge is -2.05. The summed E-state index contributed by atoms with van der Waals surface area (Å²) in [6.07, 6.45) is 0. The van der Waals surface area contributed by atoms with Crippen LogP contribution in [-0.4, -0.2) is 22.0 Å². The first-order chi connectivity index (χ1) is 8.01. The van der Waals surface area contributed by atoms with Crippen molar-refractivity contribution in [1.82, 2.24) is 0 Å². The number of ether oxygens (including phenoxy) is 2. The van der Waals surface area contributed by atoms with Crippen molar-refractivity contribution < 1.29 is 9.47 Å². The third-order valence-electron chi connectivity index (χ3n) is 1.98. The summed E-state index contributed by atoms with van der Waals surface area (Å²) in [5.41, 5.74) is 5.55. The maximum Gasteiger partial charge on any atom is 0.146 e. The van der Waals surface area contributed by atoms with Gasteiger partial charge in [0.25, 0.3) is 0 Å². The summed E-state index contributed by atoms with van der Waals surface area (Å²) in [5, 5.41) is 0. The highest BCUT2D eigenvalue weighted by atomic mass is 28.3. The van der Waals surface area contributed by atoms with Crippen LogP contribution >= 0.6 is 0 Å². The Balaban J connectivity index is 2.68. The van der Waals surface area contributed by atoms with E-state index < -0.39 is 8.07 Å². The van der Waals surface area contributed by atoms with Crippen LogP contribution in [0.15, 0.2) is 24.3 Å². The van der Waals surface area contributed by atoms with E-state index in [0.29, 0.717) is 13.4 Å². The van der Waals surface area contributed by atoms with E-state index in [1.165, 1.54) is 0 Å². The fourth-order valence-electron chi connectivity index (χ4n) is 1.24. The van der Waals surface area contributed by atoms with Gasteiger partial charge in [-0.2, -0.15) is 0 Å². The van der Waals surface area contributed by atoms with E-state index in [-0.39, 0.29) is 0 Å². The third kappa shape index (κ3) is 6.27. The summed E-state index contributed by atoms with van der Waals surface area (Å²) in [7, 11) is 0.320. The largest absolute Gasteiger partial charge is 0.359 e. The number of benzene rings is 1. The Morgan fingerprint density at radius 2 is 2.00 bits per heavy atom. The van der Waals surface area contributed by atoms with Gasteiger partial charge in [-0.25, -0.2) is 0 Å². The molecule has 0 radical (unpaired) electrons. The maximum absolute atomic E-state index is 5.31. The summed E-state index contributed by atoms with van der Waals surface area (Å²) in [5.74, 6) is 3.24. The molecule has 0 atom stereocenters. The molecule has 0 N–H and O–H groups in total. The van der Waals surface area contributed by atoms with E-state index in [0.717, 1.165) is 11.1 Å². The van der Waals surface area contributed by atoms with Gasteiger partial charge in [0, 0.05) is 12.7 Å². The molecule has 1 aromatic carbocycles. The maximum atomic E-state index is 5.31. The van der Waals surface area contributed by atoms with E-state index in [1.807, 2.05) is 18.2 Å². The number of hydrogen-bond acceptors (Lipinski definition) is 2. The average Bonchev–Trinajstić information content (AvgIpc) is 2.27. The van der Waals surface area contributed by atoms with Gasteiger partial charge >= 0.3 is 0 Å². The van der Waals surface area contributed by atoms with E-state index in [9.17, 15) is 0 Å². The Labute approximate surface area is 105 Å². The van der Waals surface area contributed by atoms with Crippen molar-refractivity contribution in [2.24, 2.45) is 0 Å². The summed E-state index contributed by atoms with van der Waals surface area (Å²) >= 11 is 0. The van der Waals surface area contributed by atoms with E-state index in [1.54, 1.807) is 7.11 Å². The highest BCUT2D eigenvalue weighted by Gasteiger charge is 2.07.